The summed E-state index contributed by atoms with van der Waals surface area (Å²) in [6, 6.07) is 15.3. The highest BCUT2D eigenvalue weighted by molar-refractivity contribution is 5.93. The second kappa shape index (κ2) is 8.84. The highest BCUT2D eigenvalue weighted by atomic mass is 16.5. The van der Waals surface area contributed by atoms with Crippen molar-refractivity contribution in [1.82, 2.24) is 0 Å². The molecule has 0 unspecified atom stereocenters. The lowest BCUT2D eigenvalue weighted by Gasteiger charge is -2.21. The average Bonchev–Trinajstić information content (AvgIpc) is 2.62. The van der Waals surface area contributed by atoms with Crippen molar-refractivity contribution in [3.05, 3.63) is 60.2 Å². The van der Waals surface area contributed by atoms with E-state index in [1.165, 1.54) is 0 Å². The van der Waals surface area contributed by atoms with Crippen molar-refractivity contribution in [2.75, 3.05) is 12.4 Å². The zero-order valence-corrected chi connectivity index (χ0v) is 14.3. The van der Waals surface area contributed by atoms with Crippen molar-refractivity contribution in [1.29, 1.82) is 0 Å². The lowest BCUT2D eigenvalue weighted by atomic mass is 10.1. The summed E-state index contributed by atoms with van der Waals surface area (Å²) in [4.78, 5) is 23.5. The Morgan fingerprint density at radius 2 is 1.76 bits per heavy atom. The SMILES string of the molecule is COc1ccc(NC(=O)C[C@H]([NH2+][C@H](C)c2ccccc2)C(=O)[O-])cc1. The van der Waals surface area contributed by atoms with Crippen LogP contribution in [0.1, 0.15) is 24.9 Å². The van der Waals surface area contributed by atoms with Gasteiger partial charge in [-0.2, -0.15) is 0 Å². The molecule has 0 aliphatic rings. The molecule has 0 radical (unpaired) electrons. The van der Waals surface area contributed by atoms with Crippen LogP contribution in [-0.2, 0) is 9.59 Å². The second-order valence-corrected chi connectivity index (χ2v) is 5.80. The van der Waals surface area contributed by atoms with Gasteiger partial charge >= 0.3 is 0 Å². The molecule has 0 heterocycles. The summed E-state index contributed by atoms with van der Waals surface area (Å²) in [6.07, 6.45) is -0.175. The fourth-order valence-corrected chi connectivity index (χ4v) is 2.53. The lowest BCUT2D eigenvalue weighted by molar-refractivity contribution is -0.717. The van der Waals surface area contributed by atoms with Gasteiger partial charge in [0.05, 0.1) is 19.5 Å². The quantitative estimate of drug-likeness (QED) is 0.729. The number of carbonyl (C=O) groups is 2. The summed E-state index contributed by atoms with van der Waals surface area (Å²) in [7, 11) is 1.56. The highest BCUT2D eigenvalue weighted by Crippen LogP contribution is 2.15. The summed E-state index contributed by atoms with van der Waals surface area (Å²) in [5.41, 5.74) is 1.57. The summed E-state index contributed by atoms with van der Waals surface area (Å²) < 4.78 is 5.05. The van der Waals surface area contributed by atoms with Crippen LogP contribution in [0.4, 0.5) is 5.69 Å². The number of anilines is 1. The molecular formula is C19H22N2O4. The Hall–Kier alpha value is -2.86. The van der Waals surface area contributed by atoms with E-state index in [0.29, 0.717) is 11.4 Å². The van der Waals surface area contributed by atoms with Gasteiger partial charge in [0.25, 0.3) is 0 Å². The standard InChI is InChI=1S/C19H22N2O4/c1-13(14-6-4-3-5-7-14)20-17(19(23)24)12-18(22)21-15-8-10-16(25-2)11-9-15/h3-11,13,17,20H,12H2,1-2H3,(H,21,22)(H,23,24)/t13-,17+/m1/s1. The third-order valence-corrected chi connectivity index (χ3v) is 3.93. The Balaban J connectivity index is 1.95. The molecule has 6 nitrogen and oxygen atoms in total. The third-order valence-electron chi connectivity index (χ3n) is 3.93. The number of methoxy groups -OCH3 is 1. The van der Waals surface area contributed by atoms with Crippen LogP contribution in [0.5, 0.6) is 5.75 Å². The Labute approximate surface area is 146 Å². The number of rotatable bonds is 8. The average molecular weight is 342 g/mol. The Bertz CT molecular complexity index is 701. The van der Waals surface area contributed by atoms with Gasteiger partial charge in [0.2, 0.25) is 5.91 Å². The smallest absolute Gasteiger partial charge is 0.230 e. The highest BCUT2D eigenvalue weighted by Gasteiger charge is 2.22. The van der Waals surface area contributed by atoms with E-state index in [1.807, 2.05) is 37.3 Å². The van der Waals surface area contributed by atoms with E-state index in [2.05, 4.69) is 5.32 Å². The molecule has 0 aliphatic heterocycles. The molecule has 2 aromatic rings. The number of quaternary nitrogens is 1. The van der Waals surface area contributed by atoms with Gasteiger partial charge < -0.3 is 25.3 Å². The van der Waals surface area contributed by atoms with Crippen molar-refractivity contribution in [2.45, 2.75) is 25.4 Å². The molecule has 0 aliphatic carbocycles. The fraction of sp³-hybridized carbons (Fsp3) is 0.263. The zero-order chi connectivity index (χ0) is 18.2. The van der Waals surface area contributed by atoms with Crippen LogP contribution >= 0.6 is 0 Å². The molecule has 2 atom stereocenters. The predicted molar refractivity (Wildman–Crippen MR) is 91.8 cm³/mol. The predicted octanol–water partition coefficient (Wildman–Crippen LogP) is 0.467. The van der Waals surface area contributed by atoms with E-state index in [0.717, 1.165) is 5.56 Å². The molecule has 0 spiro atoms. The maximum Gasteiger partial charge on any atom is 0.230 e. The van der Waals surface area contributed by atoms with Crippen LogP contribution in [0.25, 0.3) is 0 Å². The molecule has 1 amide bonds. The molecule has 25 heavy (non-hydrogen) atoms. The molecule has 0 aromatic heterocycles. The van der Waals surface area contributed by atoms with E-state index in [4.69, 9.17) is 4.74 Å². The molecule has 0 fully saturated rings. The van der Waals surface area contributed by atoms with Crippen LogP contribution in [0.3, 0.4) is 0 Å². The van der Waals surface area contributed by atoms with Crippen LogP contribution in [-0.4, -0.2) is 25.0 Å². The Kier molecular flexibility index (Phi) is 6.54. The first kappa shape index (κ1) is 18.5. The monoisotopic (exact) mass is 342 g/mol. The number of ether oxygens (including phenoxy) is 1. The molecule has 2 aromatic carbocycles. The number of nitrogens with two attached hydrogens (primary N) is 1. The van der Waals surface area contributed by atoms with Gasteiger partial charge in [0.15, 0.2) is 0 Å². The number of aliphatic carboxylic acids is 1. The number of benzene rings is 2. The van der Waals surface area contributed by atoms with Crippen LogP contribution in [0, 0.1) is 0 Å². The van der Waals surface area contributed by atoms with Crippen LogP contribution in [0.15, 0.2) is 54.6 Å². The van der Waals surface area contributed by atoms with Gasteiger partial charge in [-0.3, -0.25) is 4.79 Å². The van der Waals surface area contributed by atoms with Gasteiger partial charge in [0.1, 0.15) is 17.8 Å². The van der Waals surface area contributed by atoms with Gasteiger partial charge in [-0.25, -0.2) is 0 Å². The summed E-state index contributed by atoms with van der Waals surface area (Å²) in [5.74, 6) is -0.959. The topological polar surface area (TPSA) is 95.1 Å². The number of hydrogen-bond donors (Lipinski definition) is 2. The molecule has 0 saturated heterocycles. The first-order chi connectivity index (χ1) is 12.0. The van der Waals surface area contributed by atoms with Crippen molar-refractivity contribution < 1.29 is 24.7 Å². The first-order valence-corrected chi connectivity index (χ1v) is 8.04. The third kappa shape index (κ3) is 5.61. The Morgan fingerprint density at radius 1 is 1.12 bits per heavy atom. The molecule has 0 saturated carbocycles. The fourth-order valence-electron chi connectivity index (χ4n) is 2.53. The van der Waals surface area contributed by atoms with Crippen LogP contribution in [0.2, 0.25) is 0 Å². The number of nitrogens with one attached hydrogen (secondary N) is 1. The van der Waals surface area contributed by atoms with Gasteiger partial charge in [-0.15, -0.1) is 0 Å². The minimum absolute atomic E-state index is 0.0992. The van der Waals surface area contributed by atoms with E-state index in [9.17, 15) is 14.7 Å². The number of hydrogen-bond acceptors (Lipinski definition) is 4. The largest absolute Gasteiger partial charge is 0.544 e. The molecular weight excluding hydrogens is 320 g/mol. The second-order valence-electron chi connectivity index (χ2n) is 5.80. The van der Waals surface area contributed by atoms with Gasteiger partial charge in [-0.1, -0.05) is 30.3 Å². The summed E-state index contributed by atoms with van der Waals surface area (Å²) in [6.45, 7) is 1.90. The van der Waals surface area contributed by atoms with Crippen LogP contribution < -0.4 is 20.5 Å². The van der Waals surface area contributed by atoms with Gasteiger partial charge in [-0.05, 0) is 31.2 Å². The zero-order valence-electron chi connectivity index (χ0n) is 14.3. The maximum atomic E-state index is 12.1. The first-order valence-electron chi connectivity index (χ1n) is 8.04. The molecule has 6 heteroatoms. The van der Waals surface area contributed by atoms with Crippen molar-refractivity contribution in [3.63, 3.8) is 0 Å². The number of amides is 1. The minimum atomic E-state index is -1.26. The van der Waals surface area contributed by atoms with E-state index < -0.39 is 12.0 Å². The number of carbonyl (C=O) groups excluding carboxylic acids is 2. The number of carboxylic acid groups (broad SMARTS) is 1. The maximum absolute atomic E-state index is 12.1. The molecule has 2 rings (SSSR count). The Morgan fingerprint density at radius 3 is 2.32 bits per heavy atom. The van der Waals surface area contributed by atoms with Crippen molar-refractivity contribution in [3.8, 4) is 5.75 Å². The van der Waals surface area contributed by atoms with Crippen molar-refractivity contribution >= 4 is 17.6 Å². The van der Waals surface area contributed by atoms with E-state index in [1.54, 1.807) is 36.7 Å². The van der Waals surface area contributed by atoms with Crippen molar-refractivity contribution in [2.24, 2.45) is 0 Å². The molecule has 132 valence electrons. The van der Waals surface area contributed by atoms with E-state index >= 15 is 0 Å². The summed E-state index contributed by atoms with van der Waals surface area (Å²) >= 11 is 0. The normalized spacial score (nSPS) is 12.9. The van der Waals surface area contributed by atoms with E-state index in [-0.39, 0.29) is 18.4 Å². The minimum Gasteiger partial charge on any atom is -0.544 e. The molecule has 0 bridgehead atoms. The summed E-state index contributed by atoms with van der Waals surface area (Å²) in [5, 5.41) is 15.7. The lowest BCUT2D eigenvalue weighted by Crippen LogP contribution is -2.93. The molecule has 3 N–H and O–H groups in total. The number of carboxylic acids is 1. The van der Waals surface area contributed by atoms with Gasteiger partial charge in [0, 0.05) is 11.3 Å².